The van der Waals surface area contributed by atoms with Gasteiger partial charge in [0.1, 0.15) is 5.75 Å². The van der Waals surface area contributed by atoms with Crippen molar-refractivity contribution in [1.82, 2.24) is 4.57 Å². The number of benzene rings is 3. The Morgan fingerprint density at radius 2 is 1.63 bits per heavy atom. The quantitative estimate of drug-likeness (QED) is 0.314. The molecule has 4 aromatic rings. The van der Waals surface area contributed by atoms with E-state index >= 15 is 0 Å². The molecule has 0 radical (unpaired) electrons. The SMILES string of the molecule is CCOC(=O)c1c(C)n(C)c2c1cc(OC(=O)c1ccccc1Cl)c1ccccc12. The normalized spacial score (nSPS) is 11.1. The van der Waals surface area contributed by atoms with E-state index in [0.717, 1.165) is 22.0 Å². The largest absolute Gasteiger partial charge is 0.462 e. The maximum atomic E-state index is 12.8. The summed E-state index contributed by atoms with van der Waals surface area (Å²) in [4.78, 5) is 25.5. The average molecular weight is 422 g/mol. The third-order valence-corrected chi connectivity index (χ3v) is 5.55. The van der Waals surface area contributed by atoms with E-state index in [4.69, 9.17) is 21.1 Å². The molecule has 30 heavy (non-hydrogen) atoms. The predicted octanol–water partition coefficient (Wildman–Crippen LogP) is 5.69. The maximum Gasteiger partial charge on any atom is 0.345 e. The Labute approximate surface area is 178 Å². The van der Waals surface area contributed by atoms with Crippen LogP contribution in [-0.4, -0.2) is 23.1 Å². The zero-order valence-electron chi connectivity index (χ0n) is 16.9. The molecule has 1 heterocycles. The summed E-state index contributed by atoms with van der Waals surface area (Å²) >= 11 is 6.16. The molecular formula is C24H20ClNO4. The summed E-state index contributed by atoms with van der Waals surface area (Å²) in [5.41, 5.74) is 2.40. The van der Waals surface area contributed by atoms with Crippen molar-refractivity contribution < 1.29 is 19.1 Å². The van der Waals surface area contributed by atoms with Crippen molar-refractivity contribution in [1.29, 1.82) is 0 Å². The number of aryl methyl sites for hydroxylation is 1. The number of carbonyl (C=O) groups is 2. The van der Waals surface area contributed by atoms with Crippen LogP contribution < -0.4 is 4.74 Å². The topological polar surface area (TPSA) is 57.5 Å². The van der Waals surface area contributed by atoms with Gasteiger partial charge in [-0.1, -0.05) is 48.0 Å². The molecule has 0 fully saturated rings. The minimum absolute atomic E-state index is 0.274. The maximum absolute atomic E-state index is 12.8. The zero-order valence-corrected chi connectivity index (χ0v) is 17.6. The fraction of sp³-hybridized carbons (Fsp3) is 0.167. The lowest BCUT2D eigenvalue weighted by atomic mass is 10.0. The summed E-state index contributed by atoms with van der Waals surface area (Å²) < 4.78 is 13.0. The summed E-state index contributed by atoms with van der Waals surface area (Å²) in [6.45, 7) is 3.91. The van der Waals surface area contributed by atoms with Gasteiger partial charge in [-0.05, 0) is 32.0 Å². The highest BCUT2D eigenvalue weighted by atomic mass is 35.5. The lowest BCUT2D eigenvalue weighted by Crippen LogP contribution is -2.09. The third kappa shape index (κ3) is 3.21. The molecule has 3 aromatic carbocycles. The highest BCUT2D eigenvalue weighted by Crippen LogP contribution is 2.38. The van der Waals surface area contributed by atoms with E-state index in [1.54, 1.807) is 37.3 Å². The number of rotatable bonds is 4. The Hall–Kier alpha value is -3.31. The predicted molar refractivity (Wildman–Crippen MR) is 118 cm³/mol. The lowest BCUT2D eigenvalue weighted by molar-refractivity contribution is 0.0527. The van der Waals surface area contributed by atoms with Crippen LogP contribution in [0.25, 0.3) is 21.7 Å². The Balaban J connectivity index is 1.95. The van der Waals surface area contributed by atoms with Crippen molar-refractivity contribution in [2.75, 3.05) is 6.61 Å². The zero-order chi connectivity index (χ0) is 21.4. The average Bonchev–Trinajstić information content (AvgIpc) is 2.99. The Bertz CT molecular complexity index is 1310. The second kappa shape index (κ2) is 7.84. The van der Waals surface area contributed by atoms with Crippen molar-refractivity contribution >= 4 is 45.2 Å². The lowest BCUT2D eigenvalue weighted by Gasteiger charge is -2.11. The van der Waals surface area contributed by atoms with E-state index in [1.807, 2.05) is 42.8 Å². The molecule has 1 aromatic heterocycles. The standard InChI is InChI=1S/C24H20ClNO4/c1-4-29-24(28)21-14(2)26(3)22-16-10-6-5-9-15(16)20(13-18(21)22)30-23(27)17-11-7-8-12-19(17)25/h5-13H,4H2,1-3H3. The minimum atomic E-state index is -0.560. The number of ether oxygens (including phenoxy) is 2. The highest BCUT2D eigenvalue weighted by Gasteiger charge is 2.24. The molecule has 0 saturated heterocycles. The monoisotopic (exact) mass is 421 g/mol. The fourth-order valence-electron chi connectivity index (χ4n) is 3.74. The van der Waals surface area contributed by atoms with Crippen molar-refractivity contribution in [3.8, 4) is 5.75 Å². The fourth-order valence-corrected chi connectivity index (χ4v) is 3.95. The molecule has 0 aliphatic carbocycles. The van der Waals surface area contributed by atoms with Gasteiger partial charge in [0.15, 0.2) is 0 Å². The van der Waals surface area contributed by atoms with Gasteiger partial charge in [-0.3, -0.25) is 0 Å². The van der Waals surface area contributed by atoms with Crippen molar-refractivity contribution in [3.63, 3.8) is 0 Å². The van der Waals surface area contributed by atoms with Gasteiger partial charge >= 0.3 is 11.9 Å². The van der Waals surface area contributed by atoms with E-state index in [2.05, 4.69) is 0 Å². The van der Waals surface area contributed by atoms with Gasteiger partial charge in [0.25, 0.3) is 0 Å². The van der Waals surface area contributed by atoms with Gasteiger partial charge < -0.3 is 14.0 Å². The molecule has 0 spiro atoms. The molecule has 4 rings (SSSR count). The van der Waals surface area contributed by atoms with Crippen molar-refractivity contribution in [2.45, 2.75) is 13.8 Å². The summed E-state index contributed by atoms with van der Waals surface area (Å²) in [6.07, 6.45) is 0. The van der Waals surface area contributed by atoms with Crippen LogP contribution in [0, 0.1) is 6.92 Å². The third-order valence-electron chi connectivity index (χ3n) is 5.22. The minimum Gasteiger partial charge on any atom is -0.462 e. The second-order valence-corrected chi connectivity index (χ2v) is 7.33. The number of carbonyl (C=O) groups excluding carboxylic acids is 2. The molecule has 6 heteroatoms. The second-order valence-electron chi connectivity index (χ2n) is 6.93. The van der Waals surface area contributed by atoms with Crippen molar-refractivity contribution in [3.05, 3.63) is 76.4 Å². The first-order valence-corrected chi connectivity index (χ1v) is 9.96. The van der Waals surface area contributed by atoms with Crippen LogP contribution >= 0.6 is 11.6 Å². The molecule has 0 atom stereocenters. The van der Waals surface area contributed by atoms with Crippen LogP contribution in [0.2, 0.25) is 5.02 Å². The first kappa shape index (κ1) is 20.0. The highest BCUT2D eigenvalue weighted by molar-refractivity contribution is 6.33. The van der Waals surface area contributed by atoms with E-state index in [0.29, 0.717) is 21.7 Å². The summed E-state index contributed by atoms with van der Waals surface area (Å²) in [5, 5.41) is 2.63. The summed E-state index contributed by atoms with van der Waals surface area (Å²) in [7, 11) is 1.91. The van der Waals surface area contributed by atoms with Gasteiger partial charge in [0.2, 0.25) is 0 Å². The Morgan fingerprint density at radius 3 is 2.33 bits per heavy atom. The van der Waals surface area contributed by atoms with Crippen LogP contribution in [0.5, 0.6) is 5.75 Å². The van der Waals surface area contributed by atoms with E-state index < -0.39 is 11.9 Å². The van der Waals surface area contributed by atoms with E-state index in [9.17, 15) is 9.59 Å². The van der Waals surface area contributed by atoms with Gasteiger partial charge in [0, 0.05) is 28.9 Å². The molecule has 0 saturated carbocycles. The molecule has 0 bridgehead atoms. The first-order valence-electron chi connectivity index (χ1n) is 9.58. The molecule has 0 amide bonds. The number of hydrogen-bond acceptors (Lipinski definition) is 4. The van der Waals surface area contributed by atoms with E-state index in [1.165, 1.54) is 0 Å². The van der Waals surface area contributed by atoms with E-state index in [-0.39, 0.29) is 12.2 Å². The number of fused-ring (bicyclic) bond motifs is 3. The molecule has 152 valence electrons. The summed E-state index contributed by atoms with van der Waals surface area (Å²) in [5.74, 6) is -0.603. The number of nitrogens with zero attached hydrogens (tertiary/aromatic N) is 1. The Morgan fingerprint density at radius 1 is 0.967 bits per heavy atom. The van der Waals surface area contributed by atoms with Gasteiger partial charge in [0.05, 0.1) is 28.3 Å². The number of aromatic nitrogens is 1. The van der Waals surface area contributed by atoms with Crippen LogP contribution in [0.4, 0.5) is 0 Å². The smallest absolute Gasteiger partial charge is 0.345 e. The van der Waals surface area contributed by atoms with Crippen LogP contribution in [0.1, 0.15) is 33.3 Å². The molecule has 5 nitrogen and oxygen atoms in total. The molecular weight excluding hydrogens is 402 g/mol. The molecule has 0 N–H and O–H groups in total. The molecule has 0 aliphatic heterocycles. The molecule has 0 aliphatic rings. The van der Waals surface area contributed by atoms with Crippen molar-refractivity contribution in [2.24, 2.45) is 7.05 Å². The number of esters is 2. The van der Waals surface area contributed by atoms with Crippen LogP contribution in [0.15, 0.2) is 54.6 Å². The molecule has 0 unspecified atom stereocenters. The van der Waals surface area contributed by atoms with Gasteiger partial charge in [-0.15, -0.1) is 0 Å². The number of hydrogen-bond donors (Lipinski definition) is 0. The van der Waals surface area contributed by atoms with Gasteiger partial charge in [-0.2, -0.15) is 0 Å². The first-order chi connectivity index (χ1) is 14.4. The number of halogens is 1. The van der Waals surface area contributed by atoms with Crippen LogP contribution in [-0.2, 0) is 11.8 Å². The summed E-state index contributed by atoms with van der Waals surface area (Å²) in [6, 6.07) is 16.1. The Kier molecular flexibility index (Phi) is 5.22. The van der Waals surface area contributed by atoms with Crippen LogP contribution in [0.3, 0.4) is 0 Å². The van der Waals surface area contributed by atoms with Gasteiger partial charge in [-0.25, -0.2) is 9.59 Å².